The summed E-state index contributed by atoms with van der Waals surface area (Å²) in [6, 6.07) is 27.0. The Kier molecular flexibility index (Phi) is 6.95. The van der Waals surface area contributed by atoms with Gasteiger partial charge in [-0.1, -0.05) is 36.4 Å². The summed E-state index contributed by atoms with van der Waals surface area (Å²) in [5.74, 6) is 0. The Hall–Kier alpha value is -0.860. The number of hydrogen-bond acceptors (Lipinski definition) is 3. The van der Waals surface area contributed by atoms with Gasteiger partial charge in [0, 0.05) is 14.7 Å². The molecular formula is C21H21PS3. The largest absolute Gasteiger partial charge is 0.130 e. The van der Waals surface area contributed by atoms with Gasteiger partial charge in [0.1, 0.15) is 0 Å². The van der Waals surface area contributed by atoms with Crippen LogP contribution in [0, 0.1) is 0 Å². The van der Waals surface area contributed by atoms with E-state index in [9.17, 15) is 0 Å². The second-order valence-corrected chi connectivity index (χ2v) is 10.3. The second-order valence-electron chi connectivity index (χ2n) is 5.44. The number of thioether (sulfide) groups is 3. The Morgan fingerprint density at radius 1 is 0.520 bits per heavy atom. The summed E-state index contributed by atoms with van der Waals surface area (Å²) in [5, 5.41) is 4.25. The Morgan fingerprint density at radius 3 is 1.12 bits per heavy atom. The Balaban J connectivity index is 2.16. The summed E-state index contributed by atoms with van der Waals surface area (Å²) in [4.78, 5) is 3.98. The van der Waals surface area contributed by atoms with E-state index >= 15 is 0 Å². The predicted molar refractivity (Wildman–Crippen MR) is 120 cm³/mol. The van der Waals surface area contributed by atoms with Crippen molar-refractivity contribution in [3.8, 4) is 0 Å². The molecule has 0 atom stereocenters. The van der Waals surface area contributed by atoms with Gasteiger partial charge >= 0.3 is 0 Å². The second kappa shape index (κ2) is 9.19. The van der Waals surface area contributed by atoms with Gasteiger partial charge in [0.25, 0.3) is 0 Å². The molecule has 3 rings (SSSR count). The molecule has 0 spiro atoms. The highest BCUT2D eigenvalue weighted by atomic mass is 32.2. The van der Waals surface area contributed by atoms with Gasteiger partial charge in [-0.25, -0.2) is 0 Å². The van der Waals surface area contributed by atoms with E-state index in [0.717, 1.165) is 0 Å². The Labute approximate surface area is 165 Å². The first-order valence-electron chi connectivity index (χ1n) is 7.97. The molecule has 0 aliphatic carbocycles. The van der Waals surface area contributed by atoms with E-state index in [0.29, 0.717) is 0 Å². The molecule has 0 fully saturated rings. The first-order chi connectivity index (χ1) is 12.2. The smallest absolute Gasteiger partial charge is 0.00757 e. The molecule has 0 heterocycles. The Morgan fingerprint density at radius 2 is 0.840 bits per heavy atom. The van der Waals surface area contributed by atoms with Gasteiger partial charge in [-0.05, 0) is 79.0 Å². The lowest BCUT2D eigenvalue weighted by atomic mass is 10.3. The van der Waals surface area contributed by atoms with Crippen LogP contribution in [-0.2, 0) is 0 Å². The van der Waals surface area contributed by atoms with Crippen LogP contribution in [0.25, 0.3) is 0 Å². The molecule has 0 nitrogen and oxygen atoms in total. The lowest BCUT2D eigenvalue weighted by Crippen LogP contribution is -2.21. The fourth-order valence-corrected chi connectivity index (χ4v) is 6.74. The normalized spacial score (nSPS) is 11.0. The minimum atomic E-state index is -0.552. The van der Waals surface area contributed by atoms with Gasteiger partial charge < -0.3 is 0 Å². The van der Waals surface area contributed by atoms with Gasteiger partial charge in [0.2, 0.25) is 0 Å². The highest BCUT2D eigenvalue weighted by Crippen LogP contribution is 2.35. The van der Waals surface area contributed by atoms with Crippen molar-refractivity contribution in [1.82, 2.24) is 0 Å². The summed E-state index contributed by atoms with van der Waals surface area (Å²) in [6.45, 7) is 0. The number of rotatable bonds is 6. The summed E-state index contributed by atoms with van der Waals surface area (Å²) < 4.78 is 0. The third-order valence-electron chi connectivity index (χ3n) is 3.93. The molecule has 128 valence electrons. The minimum absolute atomic E-state index is 0.552. The molecule has 0 aliphatic heterocycles. The van der Waals surface area contributed by atoms with Crippen LogP contribution in [0.4, 0.5) is 0 Å². The van der Waals surface area contributed by atoms with Crippen molar-refractivity contribution in [3.63, 3.8) is 0 Å². The monoisotopic (exact) mass is 400 g/mol. The van der Waals surface area contributed by atoms with Gasteiger partial charge in [-0.2, -0.15) is 0 Å². The fourth-order valence-electron chi connectivity index (χ4n) is 2.70. The molecule has 0 bridgehead atoms. The maximum atomic E-state index is 2.36. The van der Waals surface area contributed by atoms with Gasteiger partial charge in [-0.15, -0.1) is 35.3 Å². The highest BCUT2D eigenvalue weighted by Gasteiger charge is 2.17. The van der Waals surface area contributed by atoms with E-state index in [1.54, 1.807) is 0 Å². The van der Waals surface area contributed by atoms with E-state index < -0.39 is 7.92 Å². The van der Waals surface area contributed by atoms with Gasteiger partial charge in [-0.3, -0.25) is 0 Å². The zero-order valence-electron chi connectivity index (χ0n) is 14.6. The molecule has 0 N–H and O–H groups in total. The molecule has 3 aromatic rings. The molecule has 0 radical (unpaired) electrons. The first kappa shape index (κ1) is 18.9. The standard InChI is InChI=1S/C21H21PS3/c1-23-19-10-4-7-16(13-19)22(17-8-5-11-20(14-17)24-2)18-9-6-12-21(15-18)25-3/h4-15H,1-3H3. The van der Waals surface area contributed by atoms with Crippen LogP contribution < -0.4 is 15.9 Å². The Bertz CT molecular complexity index is 735. The average Bonchev–Trinajstić information content (AvgIpc) is 2.68. The molecule has 0 unspecified atom stereocenters. The topological polar surface area (TPSA) is 0 Å². The van der Waals surface area contributed by atoms with Crippen LogP contribution in [0.1, 0.15) is 0 Å². The summed E-state index contributed by atoms with van der Waals surface area (Å²) in [7, 11) is -0.552. The molecule has 0 saturated carbocycles. The summed E-state index contributed by atoms with van der Waals surface area (Å²) in [5.41, 5.74) is 0. The van der Waals surface area contributed by atoms with E-state index in [-0.39, 0.29) is 0 Å². The van der Waals surface area contributed by atoms with Crippen molar-refractivity contribution >= 4 is 59.1 Å². The fraction of sp³-hybridized carbons (Fsp3) is 0.143. The van der Waals surface area contributed by atoms with Crippen LogP contribution in [0.2, 0.25) is 0 Å². The molecular weight excluding hydrogens is 379 g/mol. The maximum absolute atomic E-state index is 2.36. The van der Waals surface area contributed by atoms with Crippen molar-refractivity contribution in [3.05, 3.63) is 72.8 Å². The van der Waals surface area contributed by atoms with Crippen LogP contribution in [-0.4, -0.2) is 18.8 Å². The average molecular weight is 401 g/mol. The molecule has 4 heteroatoms. The molecule has 3 aromatic carbocycles. The SMILES string of the molecule is CSc1cccc(P(c2cccc(SC)c2)c2cccc(SC)c2)c1. The van der Waals surface area contributed by atoms with E-state index in [4.69, 9.17) is 0 Å². The van der Waals surface area contributed by atoms with E-state index in [2.05, 4.69) is 91.6 Å². The van der Waals surface area contributed by atoms with Crippen LogP contribution in [0.5, 0.6) is 0 Å². The molecule has 0 aliphatic rings. The van der Waals surface area contributed by atoms with E-state index in [1.165, 1.54) is 30.6 Å². The van der Waals surface area contributed by atoms with Gasteiger partial charge in [0.05, 0.1) is 0 Å². The van der Waals surface area contributed by atoms with Crippen molar-refractivity contribution < 1.29 is 0 Å². The molecule has 0 saturated heterocycles. The highest BCUT2D eigenvalue weighted by molar-refractivity contribution is 7.99. The third-order valence-corrected chi connectivity index (χ3v) is 8.49. The van der Waals surface area contributed by atoms with Crippen molar-refractivity contribution in [1.29, 1.82) is 0 Å². The minimum Gasteiger partial charge on any atom is -0.130 e. The quantitative estimate of drug-likeness (QED) is 0.390. The lowest BCUT2D eigenvalue weighted by molar-refractivity contribution is 1.48. The van der Waals surface area contributed by atoms with Crippen molar-refractivity contribution in [2.24, 2.45) is 0 Å². The summed E-state index contributed by atoms with van der Waals surface area (Å²) in [6.07, 6.45) is 6.43. The number of hydrogen-bond donors (Lipinski definition) is 0. The van der Waals surface area contributed by atoms with Crippen molar-refractivity contribution in [2.45, 2.75) is 14.7 Å². The summed E-state index contributed by atoms with van der Waals surface area (Å²) >= 11 is 5.42. The molecule has 25 heavy (non-hydrogen) atoms. The predicted octanol–water partition coefficient (Wildman–Crippen LogP) is 5.61. The van der Waals surface area contributed by atoms with E-state index in [1.807, 2.05) is 35.3 Å². The first-order valence-corrected chi connectivity index (χ1v) is 13.0. The zero-order chi connectivity index (χ0) is 17.6. The number of benzene rings is 3. The van der Waals surface area contributed by atoms with Crippen LogP contribution >= 0.6 is 43.2 Å². The third kappa shape index (κ3) is 4.65. The molecule has 0 amide bonds. The van der Waals surface area contributed by atoms with Crippen LogP contribution in [0.3, 0.4) is 0 Å². The van der Waals surface area contributed by atoms with Crippen molar-refractivity contribution in [2.75, 3.05) is 18.8 Å². The zero-order valence-corrected chi connectivity index (χ0v) is 17.9. The maximum Gasteiger partial charge on any atom is 0.00757 e. The lowest BCUT2D eigenvalue weighted by Gasteiger charge is -2.21. The van der Waals surface area contributed by atoms with Gasteiger partial charge in [0.15, 0.2) is 0 Å². The van der Waals surface area contributed by atoms with Crippen LogP contribution in [0.15, 0.2) is 87.5 Å². The molecule has 0 aromatic heterocycles.